The molecule has 5 rings (SSSR count). The Morgan fingerprint density at radius 3 is 2.71 bits per heavy atom. The molecule has 2 N–H and O–H groups in total. The van der Waals surface area contributed by atoms with Gasteiger partial charge in [0.2, 0.25) is 0 Å². The van der Waals surface area contributed by atoms with Crippen molar-refractivity contribution < 1.29 is 4.39 Å². The lowest BCUT2D eigenvalue weighted by atomic mass is 10.2. The van der Waals surface area contributed by atoms with E-state index < -0.39 is 0 Å². The number of halogens is 1. The van der Waals surface area contributed by atoms with Crippen molar-refractivity contribution in [3.63, 3.8) is 0 Å². The minimum atomic E-state index is -0.281. The molecule has 3 aromatic heterocycles. The standard InChI is InChI=1S/C21H17FN6/c1-12-3-8-16-17(9-12)27-19(26-16)15-10-28(2)21-18(15)20(23-11-24-21)25-14-6-4-13(22)5-7-14/h3-11H,1-2H3,(H,26,27)(H,23,24,25). The fourth-order valence-electron chi connectivity index (χ4n) is 3.41. The molecule has 0 spiro atoms. The van der Waals surface area contributed by atoms with E-state index in [-0.39, 0.29) is 5.82 Å². The largest absolute Gasteiger partial charge is 0.340 e. The minimum Gasteiger partial charge on any atom is -0.340 e. The first-order valence-corrected chi connectivity index (χ1v) is 8.88. The average Bonchev–Trinajstić information content (AvgIpc) is 3.25. The Kier molecular flexibility index (Phi) is 3.61. The summed E-state index contributed by atoms with van der Waals surface area (Å²) < 4.78 is 15.2. The number of hydrogen-bond donors (Lipinski definition) is 2. The summed E-state index contributed by atoms with van der Waals surface area (Å²) in [5.74, 6) is 1.11. The van der Waals surface area contributed by atoms with Gasteiger partial charge in [0.05, 0.1) is 16.4 Å². The van der Waals surface area contributed by atoms with Crippen molar-refractivity contribution in [1.29, 1.82) is 0 Å². The third kappa shape index (κ3) is 2.68. The van der Waals surface area contributed by atoms with E-state index in [0.29, 0.717) is 5.82 Å². The van der Waals surface area contributed by atoms with Crippen molar-refractivity contribution >= 4 is 33.6 Å². The molecule has 2 aromatic carbocycles. The number of hydrogen-bond acceptors (Lipinski definition) is 4. The zero-order chi connectivity index (χ0) is 19.3. The topological polar surface area (TPSA) is 71.4 Å². The predicted molar refractivity (Wildman–Crippen MR) is 108 cm³/mol. The molecule has 3 heterocycles. The van der Waals surface area contributed by atoms with E-state index in [0.717, 1.165) is 39.1 Å². The van der Waals surface area contributed by atoms with Gasteiger partial charge in [-0.3, -0.25) is 0 Å². The van der Waals surface area contributed by atoms with Gasteiger partial charge < -0.3 is 14.9 Å². The van der Waals surface area contributed by atoms with Crippen molar-refractivity contribution in [3.05, 3.63) is 66.4 Å². The molecule has 7 heteroatoms. The third-order valence-electron chi connectivity index (χ3n) is 4.75. The molecule has 0 aliphatic heterocycles. The number of nitrogens with one attached hydrogen (secondary N) is 2. The number of nitrogens with zero attached hydrogens (tertiary/aromatic N) is 4. The maximum Gasteiger partial charge on any atom is 0.145 e. The molecule has 0 unspecified atom stereocenters. The summed E-state index contributed by atoms with van der Waals surface area (Å²) in [6.45, 7) is 2.05. The molecule has 0 atom stereocenters. The van der Waals surface area contributed by atoms with Crippen LogP contribution in [-0.4, -0.2) is 24.5 Å². The number of H-pyrrole nitrogens is 1. The van der Waals surface area contributed by atoms with Crippen LogP contribution in [0.1, 0.15) is 5.56 Å². The molecule has 0 fully saturated rings. The SMILES string of the molecule is Cc1ccc2nc(-c3cn(C)c4ncnc(Nc5ccc(F)cc5)c34)[nH]c2c1. The number of aromatic amines is 1. The van der Waals surface area contributed by atoms with Crippen molar-refractivity contribution in [1.82, 2.24) is 24.5 Å². The first kappa shape index (κ1) is 16.4. The third-order valence-corrected chi connectivity index (χ3v) is 4.75. The molecule has 28 heavy (non-hydrogen) atoms. The van der Waals surface area contributed by atoms with Crippen LogP contribution in [-0.2, 0) is 7.05 Å². The summed E-state index contributed by atoms with van der Waals surface area (Å²) >= 11 is 0. The number of rotatable bonds is 3. The Morgan fingerprint density at radius 1 is 1.07 bits per heavy atom. The van der Waals surface area contributed by atoms with Gasteiger partial charge in [-0.2, -0.15) is 0 Å². The molecular weight excluding hydrogens is 355 g/mol. The number of aromatic nitrogens is 5. The second kappa shape index (κ2) is 6.16. The average molecular weight is 372 g/mol. The van der Waals surface area contributed by atoms with Crippen molar-refractivity contribution in [2.24, 2.45) is 7.05 Å². The first-order valence-electron chi connectivity index (χ1n) is 8.88. The Morgan fingerprint density at radius 2 is 1.89 bits per heavy atom. The number of aryl methyl sites for hydroxylation is 2. The highest BCUT2D eigenvalue weighted by molar-refractivity contribution is 6.01. The zero-order valence-corrected chi connectivity index (χ0v) is 15.4. The maximum absolute atomic E-state index is 13.2. The molecule has 0 aliphatic rings. The zero-order valence-electron chi connectivity index (χ0n) is 15.4. The number of anilines is 2. The Labute approximate surface area is 160 Å². The second-order valence-electron chi connectivity index (χ2n) is 6.81. The van der Waals surface area contributed by atoms with Crippen LogP contribution in [0.15, 0.2) is 55.0 Å². The fourth-order valence-corrected chi connectivity index (χ4v) is 3.41. The van der Waals surface area contributed by atoms with Crippen LogP contribution in [0.25, 0.3) is 33.5 Å². The van der Waals surface area contributed by atoms with Gasteiger partial charge in [-0.25, -0.2) is 19.3 Å². The maximum atomic E-state index is 13.2. The number of fused-ring (bicyclic) bond motifs is 2. The van der Waals surface area contributed by atoms with Gasteiger partial charge in [-0.05, 0) is 48.9 Å². The Hall–Kier alpha value is -3.74. The normalized spacial score (nSPS) is 11.4. The lowest BCUT2D eigenvalue weighted by Crippen LogP contribution is -1.97. The monoisotopic (exact) mass is 372 g/mol. The van der Waals surface area contributed by atoms with E-state index in [9.17, 15) is 4.39 Å². The molecular formula is C21H17FN6. The van der Waals surface area contributed by atoms with Crippen molar-refractivity contribution in [3.8, 4) is 11.4 Å². The molecule has 5 aromatic rings. The van der Waals surface area contributed by atoms with Gasteiger partial charge in [0, 0.05) is 24.5 Å². The number of benzene rings is 2. The quantitative estimate of drug-likeness (QED) is 0.481. The smallest absolute Gasteiger partial charge is 0.145 e. The highest BCUT2D eigenvalue weighted by Gasteiger charge is 2.18. The lowest BCUT2D eigenvalue weighted by Gasteiger charge is -2.07. The van der Waals surface area contributed by atoms with Crippen LogP contribution in [0.4, 0.5) is 15.9 Å². The van der Waals surface area contributed by atoms with Crippen LogP contribution in [0, 0.1) is 12.7 Å². The minimum absolute atomic E-state index is 0.281. The second-order valence-corrected chi connectivity index (χ2v) is 6.81. The Bertz CT molecular complexity index is 1320. The molecule has 0 radical (unpaired) electrons. The highest BCUT2D eigenvalue weighted by Crippen LogP contribution is 2.34. The molecule has 0 saturated carbocycles. The lowest BCUT2D eigenvalue weighted by molar-refractivity contribution is 0.628. The molecule has 0 aliphatic carbocycles. The first-order chi connectivity index (χ1) is 13.6. The van der Waals surface area contributed by atoms with E-state index in [1.54, 1.807) is 12.1 Å². The fraction of sp³-hybridized carbons (Fsp3) is 0.0952. The van der Waals surface area contributed by atoms with Gasteiger partial charge in [0.1, 0.15) is 29.4 Å². The van der Waals surface area contributed by atoms with Crippen LogP contribution in [0.5, 0.6) is 0 Å². The van der Waals surface area contributed by atoms with E-state index in [2.05, 4.69) is 33.3 Å². The van der Waals surface area contributed by atoms with Gasteiger partial charge >= 0.3 is 0 Å². The van der Waals surface area contributed by atoms with E-state index in [1.807, 2.05) is 29.9 Å². The van der Waals surface area contributed by atoms with E-state index >= 15 is 0 Å². The van der Waals surface area contributed by atoms with Gasteiger partial charge in [-0.15, -0.1) is 0 Å². The summed E-state index contributed by atoms with van der Waals surface area (Å²) in [4.78, 5) is 17.0. The van der Waals surface area contributed by atoms with Gasteiger partial charge in [0.25, 0.3) is 0 Å². The molecule has 0 bridgehead atoms. The summed E-state index contributed by atoms with van der Waals surface area (Å²) in [5, 5.41) is 4.12. The summed E-state index contributed by atoms with van der Waals surface area (Å²) in [7, 11) is 1.94. The van der Waals surface area contributed by atoms with Crippen LogP contribution >= 0.6 is 0 Å². The van der Waals surface area contributed by atoms with Gasteiger partial charge in [-0.1, -0.05) is 6.07 Å². The van der Waals surface area contributed by atoms with Gasteiger partial charge in [0.15, 0.2) is 0 Å². The van der Waals surface area contributed by atoms with E-state index in [1.165, 1.54) is 24.0 Å². The molecule has 0 saturated heterocycles. The van der Waals surface area contributed by atoms with Crippen LogP contribution in [0.3, 0.4) is 0 Å². The summed E-state index contributed by atoms with van der Waals surface area (Å²) in [5.41, 5.74) is 5.49. The predicted octanol–water partition coefficient (Wildman–Crippen LogP) is 4.70. The molecule has 0 amide bonds. The Balaban J connectivity index is 1.69. The van der Waals surface area contributed by atoms with Crippen LogP contribution < -0.4 is 5.32 Å². The van der Waals surface area contributed by atoms with E-state index in [4.69, 9.17) is 4.98 Å². The van der Waals surface area contributed by atoms with Crippen LogP contribution in [0.2, 0.25) is 0 Å². The number of imidazole rings is 1. The highest BCUT2D eigenvalue weighted by atomic mass is 19.1. The van der Waals surface area contributed by atoms with Crippen molar-refractivity contribution in [2.75, 3.05) is 5.32 Å². The van der Waals surface area contributed by atoms with Crippen molar-refractivity contribution in [2.45, 2.75) is 6.92 Å². The molecule has 6 nitrogen and oxygen atoms in total. The molecule has 138 valence electrons. The summed E-state index contributed by atoms with van der Waals surface area (Å²) in [6.07, 6.45) is 3.50. The summed E-state index contributed by atoms with van der Waals surface area (Å²) in [6, 6.07) is 12.3.